The number of para-hydroxylation sites is 2. The number of fused-ring (bicyclic) bond motifs is 1. The van der Waals surface area contributed by atoms with E-state index in [1.54, 1.807) is 6.08 Å². The Bertz CT molecular complexity index is 779. The Morgan fingerprint density at radius 1 is 1.32 bits per heavy atom. The summed E-state index contributed by atoms with van der Waals surface area (Å²) in [5.41, 5.74) is 3.23. The van der Waals surface area contributed by atoms with Crippen LogP contribution in [0.15, 0.2) is 65.7 Å². The summed E-state index contributed by atoms with van der Waals surface area (Å²) >= 11 is 1.98. The van der Waals surface area contributed by atoms with Gasteiger partial charge in [0.25, 0.3) is 0 Å². The van der Waals surface area contributed by atoms with Crippen molar-refractivity contribution in [1.29, 1.82) is 5.26 Å². The highest BCUT2D eigenvalue weighted by molar-refractivity contribution is 7.99. The molecule has 5 heteroatoms. The van der Waals surface area contributed by atoms with Crippen LogP contribution in [0.4, 0.5) is 11.4 Å². The molecule has 0 radical (unpaired) electrons. The van der Waals surface area contributed by atoms with E-state index in [1.807, 2.05) is 30.0 Å². The largest absolute Gasteiger partial charge is 0.371 e. The lowest BCUT2D eigenvalue weighted by atomic mass is 9.87. The summed E-state index contributed by atoms with van der Waals surface area (Å²) < 4.78 is 0. The number of amidine groups is 1. The fraction of sp³-hybridized carbons (Fsp3) is 0.300. The fourth-order valence-electron chi connectivity index (χ4n) is 3.16. The molecule has 1 spiro atoms. The molecule has 0 unspecified atom stereocenters. The SMILES string of the molecule is C=C/C=C(/CN=C1Nc2ccccc2NC12CCSCC2)C(=C)C#N. The molecule has 3 rings (SSSR count). The minimum Gasteiger partial charge on any atom is -0.371 e. The number of allylic oxidation sites excluding steroid dienone is 2. The molecule has 0 atom stereocenters. The number of anilines is 2. The highest BCUT2D eigenvalue weighted by Crippen LogP contribution is 2.38. The van der Waals surface area contributed by atoms with Crippen molar-refractivity contribution >= 4 is 29.0 Å². The lowest BCUT2D eigenvalue weighted by Crippen LogP contribution is -2.54. The van der Waals surface area contributed by atoms with Crippen molar-refractivity contribution in [2.24, 2.45) is 4.99 Å². The first kappa shape index (κ1) is 17.4. The lowest BCUT2D eigenvalue weighted by molar-refractivity contribution is 0.560. The van der Waals surface area contributed by atoms with Crippen LogP contribution in [0, 0.1) is 11.3 Å². The molecule has 1 saturated heterocycles. The van der Waals surface area contributed by atoms with Gasteiger partial charge in [0.15, 0.2) is 0 Å². The van der Waals surface area contributed by atoms with Crippen LogP contribution in [0.5, 0.6) is 0 Å². The Hall–Kier alpha value is -2.45. The quantitative estimate of drug-likeness (QED) is 0.625. The predicted octanol–water partition coefficient (Wildman–Crippen LogP) is 4.38. The van der Waals surface area contributed by atoms with E-state index in [0.29, 0.717) is 12.1 Å². The maximum absolute atomic E-state index is 9.14. The van der Waals surface area contributed by atoms with Crippen LogP contribution in [0.3, 0.4) is 0 Å². The molecule has 0 amide bonds. The molecule has 0 aliphatic carbocycles. The smallest absolute Gasteiger partial charge is 0.127 e. The van der Waals surface area contributed by atoms with E-state index in [1.165, 1.54) is 0 Å². The molecule has 2 heterocycles. The molecule has 0 saturated carbocycles. The van der Waals surface area contributed by atoms with E-state index < -0.39 is 0 Å². The molecule has 25 heavy (non-hydrogen) atoms. The zero-order chi connectivity index (χ0) is 17.7. The number of nitrogens with one attached hydrogen (secondary N) is 2. The fourth-order valence-corrected chi connectivity index (χ4v) is 4.35. The van der Waals surface area contributed by atoms with E-state index in [0.717, 1.165) is 47.1 Å². The van der Waals surface area contributed by atoms with E-state index in [4.69, 9.17) is 10.3 Å². The topological polar surface area (TPSA) is 60.2 Å². The van der Waals surface area contributed by atoms with Crippen molar-refractivity contribution in [3.05, 3.63) is 60.7 Å². The van der Waals surface area contributed by atoms with Crippen LogP contribution in [-0.4, -0.2) is 29.4 Å². The zero-order valence-electron chi connectivity index (χ0n) is 14.2. The Kier molecular flexibility index (Phi) is 5.30. The van der Waals surface area contributed by atoms with Crippen molar-refractivity contribution in [2.45, 2.75) is 18.4 Å². The van der Waals surface area contributed by atoms with Gasteiger partial charge in [-0.05, 0) is 42.1 Å². The first-order valence-corrected chi connectivity index (χ1v) is 9.52. The van der Waals surface area contributed by atoms with Crippen molar-refractivity contribution in [3.8, 4) is 6.07 Å². The van der Waals surface area contributed by atoms with E-state index in [9.17, 15) is 0 Å². The predicted molar refractivity (Wildman–Crippen MR) is 108 cm³/mol. The van der Waals surface area contributed by atoms with E-state index >= 15 is 0 Å². The maximum Gasteiger partial charge on any atom is 0.127 e. The molecule has 2 aliphatic heterocycles. The van der Waals surface area contributed by atoms with E-state index in [-0.39, 0.29) is 5.54 Å². The normalized spacial score (nSPS) is 20.1. The summed E-state index contributed by atoms with van der Waals surface area (Å²) in [5, 5.41) is 16.4. The van der Waals surface area contributed by atoms with Gasteiger partial charge in [0.05, 0.1) is 29.5 Å². The standard InChI is InChI=1S/C20H22N4S/c1-3-6-16(15(2)13-21)14-22-19-20(9-11-25-12-10-20)24-18-8-5-4-7-17(18)23-19/h3-8,24H,1-2,9-12,14H2,(H,22,23)/b16-6-. The second-order valence-corrected chi connectivity index (χ2v) is 7.40. The van der Waals surface area contributed by atoms with Crippen LogP contribution >= 0.6 is 11.8 Å². The first-order chi connectivity index (χ1) is 12.2. The van der Waals surface area contributed by atoms with Crippen molar-refractivity contribution in [2.75, 3.05) is 28.7 Å². The number of hydrogen-bond donors (Lipinski definition) is 2. The average Bonchev–Trinajstić information content (AvgIpc) is 2.65. The second-order valence-electron chi connectivity index (χ2n) is 6.17. The molecular formula is C20H22N4S. The van der Waals surface area contributed by atoms with Gasteiger partial charge in [-0.25, -0.2) is 0 Å². The molecule has 0 bridgehead atoms. The Morgan fingerprint density at radius 3 is 2.72 bits per heavy atom. The van der Waals surface area contributed by atoms with Gasteiger partial charge in [-0.1, -0.05) is 37.4 Å². The third-order valence-electron chi connectivity index (χ3n) is 4.60. The number of benzene rings is 1. The van der Waals surface area contributed by atoms with Crippen LogP contribution in [-0.2, 0) is 0 Å². The van der Waals surface area contributed by atoms with Crippen molar-refractivity contribution in [1.82, 2.24) is 0 Å². The molecule has 1 aromatic rings. The monoisotopic (exact) mass is 350 g/mol. The van der Waals surface area contributed by atoms with Crippen LogP contribution < -0.4 is 10.6 Å². The minimum atomic E-state index is -0.160. The molecule has 2 aliphatic rings. The number of nitriles is 1. The van der Waals surface area contributed by atoms with Gasteiger partial charge in [0.1, 0.15) is 5.84 Å². The van der Waals surface area contributed by atoms with Gasteiger partial charge >= 0.3 is 0 Å². The summed E-state index contributed by atoms with van der Waals surface area (Å²) in [6.07, 6.45) is 5.53. The summed E-state index contributed by atoms with van der Waals surface area (Å²) in [5.74, 6) is 3.17. The third kappa shape index (κ3) is 3.64. The number of rotatable bonds is 4. The summed E-state index contributed by atoms with van der Waals surface area (Å²) in [4.78, 5) is 4.85. The number of nitrogens with zero attached hydrogens (tertiary/aromatic N) is 2. The van der Waals surface area contributed by atoms with Gasteiger partial charge in [-0.3, -0.25) is 4.99 Å². The first-order valence-electron chi connectivity index (χ1n) is 8.36. The van der Waals surface area contributed by atoms with Crippen LogP contribution in [0.25, 0.3) is 0 Å². The highest BCUT2D eigenvalue weighted by atomic mass is 32.2. The van der Waals surface area contributed by atoms with Gasteiger partial charge in [-0.15, -0.1) is 0 Å². The molecule has 2 N–H and O–H groups in total. The minimum absolute atomic E-state index is 0.160. The van der Waals surface area contributed by atoms with Gasteiger partial charge < -0.3 is 10.6 Å². The Labute approximate surface area is 153 Å². The lowest BCUT2D eigenvalue weighted by Gasteiger charge is -2.43. The van der Waals surface area contributed by atoms with Gasteiger partial charge in [0, 0.05) is 5.57 Å². The average molecular weight is 350 g/mol. The maximum atomic E-state index is 9.14. The number of aliphatic imine (C=N–C) groups is 1. The summed E-state index contributed by atoms with van der Waals surface area (Å²) in [6, 6.07) is 10.3. The summed E-state index contributed by atoms with van der Waals surface area (Å²) in [6.45, 7) is 7.95. The highest BCUT2D eigenvalue weighted by Gasteiger charge is 2.40. The second kappa shape index (κ2) is 7.62. The van der Waals surface area contributed by atoms with Gasteiger partial charge in [0.2, 0.25) is 0 Å². The molecule has 0 aromatic heterocycles. The summed E-state index contributed by atoms with van der Waals surface area (Å²) in [7, 11) is 0. The van der Waals surface area contributed by atoms with Crippen LogP contribution in [0.1, 0.15) is 12.8 Å². The van der Waals surface area contributed by atoms with Gasteiger partial charge in [-0.2, -0.15) is 17.0 Å². The molecule has 4 nitrogen and oxygen atoms in total. The Morgan fingerprint density at radius 2 is 2.04 bits per heavy atom. The third-order valence-corrected chi connectivity index (χ3v) is 5.59. The zero-order valence-corrected chi connectivity index (χ0v) is 15.0. The molecular weight excluding hydrogens is 328 g/mol. The number of hydrogen-bond acceptors (Lipinski definition) is 4. The van der Waals surface area contributed by atoms with Crippen molar-refractivity contribution < 1.29 is 0 Å². The van der Waals surface area contributed by atoms with E-state index in [2.05, 4.69) is 42.0 Å². The van der Waals surface area contributed by atoms with Crippen molar-refractivity contribution in [3.63, 3.8) is 0 Å². The number of thioether (sulfide) groups is 1. The molecule has 1 aromatic carbocycles. The molecule has 128 valence electrons. The van der Waals surface area contributed by atoms with Crippen LogP contribution in [0.2, 0.25) is 0 Å². The Balaban J connectivity index is 1.94. The molecule has 1 fully saturated rings.